The minimum Gasteiger partial charge on any atom is -0.366 e. The average Bonchev–Trinajstić information content (AvgIpc) is 2.40. The molecule has 0 radical (unpaired) electrons. The Morgan fingerprint density at radius 3 is 1.80 bits per heavy atom. The maximum absolute atomic E-state index is 10.8. The average molecular weight is 294 g/mol. The lowest BCUT2D eigenvalue weighted by atomic mass is 10.2. The van der Waals surface area contributed by atoms with Crippen LogP contribution in [-0.4, -0.2) is 18.9 Å². The van der Waals surface area contributed by atoms with Gasteiger partial charge in [0.15, 0.2) is 0 Å². The number of amides is 1. The summed E-state index contributed by atoms with van der Waals surface area (Å²) in [6, 6.07) is 17.7. The van der Waals surface area contributed by atoms with Crippen molar-refractivity contribution in [2.24, 2.45) is 5.73 Å². The monoisotopic (exact) mass is 294 g/mol. The molecule has 0 saturated carbocycles. The zero-order valence-corrected chi connectivity index (χ0v) is 11.2. The zero-order chi connectivity index (χ0) is 15.0. The van der Waals surface area contributed by atoms with Crippen LogP contribution in [0.4, 0.5) is 5.69 Å². The van der Waals surface area contributed by atoms with E-state index in [9.17, 15) is 13.2 Å². The van der Waals surface area contributed by atoms with E-state index in [1.807, 2.05) is 36.4 Å². The Kier molecular flexibility index (Phi) is 5.70. The van der Waals surface area contributed by atoms with Crippen LogP contribution in [-0.2, 0) is 10.3 Å². The highest BCUT2D eigenvalue weighted by molar-refractivity contribution is 7.87. The highest BCUT2D eigenvalue weighted by Crippen LogP contribution is 2.14. The molecule has 7 heteroatoms. The minimum atomic E-state index is -4.39. The molecule has 1 amide bonds. The van der Waals surface area contributed by atoms with Gasteiger partial charge in [-0.1, -0.05) is 48.5 Å². The molecule has 0 bridgehead atoms. The normalized spacial score (nSPS) is 10.1. The van der Waals surface area contributed by atoms with Gasteiger partial charge in [-0.25, -0.2) is 0 Å². The van der Waals surface area contributed by atoms with Gasteiger partial charge in [-0.15, -0.1) is 0 Å². The Morgan fingerprint density at radius 1 is 0.950 bits per heavy atom. The molecule has 0 aliphatic heterocycles. The molecular weight excluding hydrogens is 280 g/mol. The smallest absolute Gasteiger partial charge is 0.357 e. The summed E-state index contributed by atoms with van der Waals surface area (Å²) in [6.45, 7) is 0. The SMILES string of the molecule is NC(=O)c1ccccc1NS(=O)(=O)O.c1ccccc1. The molecule has 4 N–H and O–H groups in total. The van der Waals surface area contributed by atoms with Gasteiger partial charge in [0, 0.05) is 0 Å². The van der Waals surface area contributed by atoms with E-state index in [4.69, 9.17) is 10.3 Å². The number of nitrogens with two attached hydrogens (primary N) is 1. The number of benzene rings is 2. The molecule has 106 valence electrons. The van der Waals surface area contributed by atoms with E-state index in [0.717, 1.165) is 0 Å². The Balaban J connectivity index is 0.000000276. The van der Waals surface area contributed by atoms with Crippen molar-refractivity contribution in [1.29, 1.82) is 0 Å². The van der Waals surface area contributed by atoms with E-state index >= 15 is 0 Å². The molecule has 20 heavy (non-hydrogen) atoms. The standard InChI is InChI=1S/C7H8N2O4S.C6H6/c8-7(10)5-3-1-2-4-6(5)9-14(11,12)13;1-2-4-6-5-3-1/h1-4,9H,(H2,8,10)(H,11,12,13);1-6H. The van der Waals surface area contributed by atoms with Crippen molar-refractivity contribution in [3.63, 3.8) is 0 Å². The lowest BCUT2D eigenvalue weighted by Gasteiger charge is -2.05. The largest absolute Gasteiger partial charge is 0.366 e. The maximum Gasteiger partial charge on any atom is 0.357 e. The van der Waals surface area contributed by atoms with E-state index in [1.54, 1.807) is 4.72 Å². The van der Waals surface area contributed by atoms with Gasteiger partial charge in [0.25, 0.3) is 5.91 Å². The van der Waals surface area contributed by atoms with Crippen molar-refractivity contribution in [2.45, 2.75) is 0 Å². The van der Waals surface area contributed by atoms with Gasteiger partial charge in [-0.3, -0.25) is 14.1 Å². The second-order valence-electron chi connectivity index (χ2n) is 3.64. The van der Waals surface area contributed by atoms with Gasteiger partial charge in [0.2, 0.25) is 0 Å². The number of carbonyl (C=O) groups excluding carboxylic acids is 1. The van der Waals surface area contributed by atoms with Crippen LogP contribution in [0.3, 0.4) is 0 Å². The van der Waals surface area contributed by atoms with E-state index < -0.39 is 16.2 Å². The van der Waals surface area contributed by atoms with Crippen LogP contribution >= 0.6 is 0 Å². The Bertz CT molecular complexity index is 630. The highest BCUT2D eigenvalue weighted by atomic mass is 32.2. The summed E-state index contributed by atoms with van der Waals surface area (Å²) in [5.74, 6) is -0.781. The fourth-order valence-electron chi connectivity index (χ4n) is 1.31. The van der Waals surface area contributed by atoms with Crippen molar-refractivity contribution in [3.8, 4) is 0 Å². The van der Waals surface area contributed by atoms with Gasteiger partial charge >= 0.3 is 10.3 Å². The molecule has 2 aromatic carbocycles. The molecule has 0 aliphatic carbocycles. The quantitative estimate of drug-likeness (QED) is 0.748. The van der Waals surface area contributed by atoms with Crippen molar-refractivity contribution in [2.75, 3.05) is 4.72 Å². The molecule has 0 fully saturated rings. The number of hydrogen-bond donors (Lipinski definition) is 3. The van der Waals surface area contributed by atoms with E-state index in [1.165, 1.54) is 24.3 Å². The van der Waals surface area contributed by atoms with Crippen molar-refractivity contribution >= 4 is 21.9 Å². The lowest BCUT2D eigenvalue weighted by molar-refractivity contribution is 0.100. The number of anilines is 1. The molecule has 0 atom stereocenters. The lowest BCUT2D eigenvalue weighted by Crippen LogP contribution is -2.17. The van der Waals surface area contributed by atoms with Crippen LogP contribution in [0.1, 0.15) is 10.4 Å². The van der Waals surface area contributed by atoms with E-state index in [0.29, 0.717) is 0 Å². The first-order valence-electron chi connectivity index (χ1n) is 5.54. The number of primary amides is 1. The fourth-order valence-corrected chi connectivity index (χ4v) is 1.77. The maximum atomic E-state index is 10.8. The third-order valence-electron chi connectivity index (χ3n) is 2.10. The second kappa shape index (κ2) is 7.27. The summed E-state index contributed by atoms with van der Waals surface area (Å²) in [5, 5.41) is 0. The van der Waals surface area contributed by atoms with Gasteiger partial charge in [-0.2, -0.15) is 8.42 Å². The molecule has 0 saturated heterocycles. The van der Waals surface area contributed by atoms with Crippen LogP contribution in [0.2, 0.25) is 0 Å². The third kappa shape index (κ3) is 5.98. The van der Waals surface area contributed by atoms with Crippen LogP contribution in [0, 0.1) is 0 Å². The predicted octanol–water partition coefficient (Wildman–Crippen LogP) is 1.69. The molecule has 0 aromatic heterocycles. The van der Waals surface area contributed by atoms with Crippen LogP contribution < -0.4 is 10.5 Å². The number of nitrogens with one attached hydrogen (secondary N) is 1. The number of rotatable bonds is 3. The van der Waals surface area contributed by atoms with Gasteiger partial charge in [0.05, 0.1) is 11.3 Å². The molecule has 0 spiro atoms. The van der Waals surface area contributed by atoms with Gasteiger partial charge in [-0.05, 0) is 12.1 Å². The number of carbonyl (C=O) groups is 1. The summed E-state index contributed by atoms with van der Waals surface area (Å²) in [6.07, 6.45) is 0. The van der Waals surface area contributed by atoms with Gasteiger partial charge < -0.3 is 5.73 Å². The van der Waals surface area contributed by atoms with Gasteiger partial charge in [0.1, 0.15) is 0 Å². The van der Waals surface area contributed by atoms with Crippen molar-refractivity contribution in [1.82, 2.24) is 0 Å². The number of para-hydroxylation sites is 1. The topological polar surface area (TPSA) is 109 Å². The summed E-state index contributed by atoms with van der Waals surface area (Å²) >= 11 is 0. The van der Waals surface area contributed by atoms with E-state index in [-0.39, 0.29) is 11.3 Å². The first-order valence-corrected chi connectivity index (χ1v) is 6.98. The first kappa shape index (κ1) is 15.7. The first-order chi connectivity index (χ1) is 9.40. The minimum absolute atomic E-state index is 0.00914. The molecule has 0 heterocycles. The van der Waals surface area contributed by atoms with E-state index in [2.05, 4.69) is 0 Å². The summed E-state index contributed by atoms with van der Waals surface area (Å²) in [5.41, 5.74) is 4.92. The van der Waals surface area contributed by atoms with Crippen LogP contribution in [0.25, 0.3) is 0 Å². The van der Waals surface area contributed by atoms with Crippen molar-refractivity contribution < 1.29 is 17.8 Å². The molecule has 2 rings (SSSR count). The summed E-state index contributed by atoms with van der Waals surface area (Å²) in [7, 11) is -4.39. The zero-order valence-electron chi connectivity index (χ0n) is 10.4. The molecular formula is C13H14N2O4S. The Labute approximate surface area is 117 Å². The molecule has 0 unspecified atom stereocenters. The molecule has 0 aliphatic rings. The third-order valence-corrected chi connectivity index (χ3v) is 2.58. The number of hydrogen-bond acceptors (Lipinski definition) is 3. The molecule has 2 aromatic rings. The summed E-state index contributed by atoms with van der Waals surface area (Å²) < 4.78 is 31.2. The fraction of sp³-hybridized carbons (Fsp3) is 0. The van der Waals surface area contributed by atoms with Crippen molar-refractivity contribution in [3.05, 3.63) is 66.2 Å². The second-order valence-corrected chi connectivity index (χ2v) is 4.80. The highest BCUT2D eigenvalue weighted by Gasteiger charge is 2.11. The predicted molar refractivity (Wildman–Crippen MR) is 76.6 cm³/mol. The summed E-state index contributed by atoms with van der Waals surface area (Å²) in [4.78, 5) is 10.8. The van der Waals surface area contributed by atoms with Crippen LogP contribution in [0.15, 0.2) is 60.7 Å². The Hall–Kier alpha value is -2.38. The Morgan fingerprint density at radius 2 is 1.40 bits per heavy atom. The van der Waals surface area contributed by atoms with Crippen LogP contribution in [0.5, 0.6) is 0 Å². The molecule has 6 nitrogen and oxygen atoms in total.